The van der Waals surface area contributed by atoms with Crippen LogP contribution in [-0.4, -0.2) is 22.5 Å². The van der Waals surface area contributed by atoms with Crippen LogP contribution in [0.3, 0.4) is 0 Å². The van der Waals surface area contributed by atoms with Crippen molar-refractivity contribution in [3.8, 4) is 0 Å². The number of carbonyl (C=O) groups excluding carboxylic acids is 1. The maximum Gasteiger partial charge on any atom is 0.276 e. The molecule has 1 heterocycles. The molecule has 1 N–H and O–H groups in total. The first-order valence-corrected chi connectivity index (χ1v) is 7.04. The molecule has 5 heteroatoms. The normalized spacial score (nSPS) is 16.9. The zero-order valence-corrected chi connectivity index (χ0v) is 12.4. The van der Waals surface area contributed by atoms with Gasteiger partial charge in [0.2, 0.25) is 0 Å². The second-order valence-electron chi connectivity index (χ2n) is 4.81. The van der Waals surface area contributed by atoms with Crippen LogP contribution < -0.4 is 5.32 Å². The highest BCUT2D eigenvalue weighted by Crippen LogP contribution is 2.17. The van der Waals surface area contributed by atoms with Crippen LogP contribution in [-0.2, 0) is 4.79 Å². The molecule has 1 amide bonds. The minimum absolute atomic E-state index is 0.120. The lowest BCUT2D eigenvalue weighted by atomic mass is 10.1. The minimum atomic E-state index is -0.252. The molecule has 1 aromatic carbocycles. The number of benzene rings is 1. The SMILES string of the molecule is CCCCN1C(=O)/C(=C/c2ccc(F)c(C)c2)NC1=S. The molecule has 1 fully saturated rings. The molecule has 1 aliphatic heterocycles. The van der Waals surface area contributed by atoms with Crippen LogP contribution in [0.5, 0.6) is 0 Å². The molecule has 0 radical (unpaired) electrons. The molecule has 0 atom stereocenters. The Morgan fingerprint density at radius 3 is 2.85 bits per heavy atom. The third-order valence-electron chi connectivity index (χ3n) is 3.19. The van der Waals surface area contributed by atoms with Crippen molar-refractivity contribution in [2.75, 3.05) is 6.54 Å². The van der Waals surface area contributed by atoms with Gasteiger partial charge in [-0.2, -0.15) is 0 Å². The number of thiocarbonyl (C=S) groups is 1. The van der Waals surface area contributed by atoms with Crippen LogP contribution in [0.4, 0.5) is 4.39 Å². The van der Waals surface area contributed by atoms with Gasteiger partial charge in [-0.15, -0.1) is 0 Å². The number of aryl methyl sites for hydroxylation is 1. The van der Waals surface area contributed by atoms with Crippen LogP contribution in [0.2, 0.25) is 0 Å². The molecular formula is C15H17FN2OS. The highest BCUT2D eigenvalue weighted by atomic mass is 32.1. The molecule has 0 saturated carbocycles. The Bertz CT molecular complexity index is 583. The summed E-state index contributed by atoms with van der Waals surface area (Å²) in [5.41, 5.74) is 1.77. The third-order valence-corrected chi connectivity index (χ3v) is 3.51. The number of rotatable bonds is 4. The van der Waals surface area contributed by atoms with Gasteiger partial charge in [0.1, 0.15) is 11.5 Å². The number of nitrogens with zero attached hydrogens (tertiary/aromatic N) is 1. The molecule has 0 aromatic heterocycles. The summed E-state index contributed by atoms with van der Waals surface area (Å²) in [6.45, 7) is 4.38. The summed E-state index contributed by atoms with van der Waals surface area (Å²) in [6.07, 6.45) is 3.62. The monoisotopic (exact) mass is 292 g/mol. The second kappa shape index (κ2) is 6.13. The predicted molar refractivity (Wildman–Crippen MR) is 81.5 cm³/mol. The van der Waals surface area contributed by atoms with Gasteiger partial charge in [0.05, 0.1) is 0 Å². The molecule has 0 unspecified atom stereocenters. The topological polar surface area (TPSA) is 32.3 Å². The van der Waals surface area contributed by atoms with E-state index in [0.717, 1.165) is 18.4 Å². The van der Waals surface area contributed by atoms with E-state index in [-0.39, 0.29) is 11.7 Å². The molecule has 0 spiro atoms. The first kappa shape index (κ1) is 14.7. The fourth-order valence-corrected chi connectivity index (χ4v) is 2.30. The first-order chi connectivity index (χ1) is 9.52. The van der Waals surface area contributed by atoms with E-state index in [0.29, 0.717) is 22.9 Å². The van der Waals surface area contributed by atoms with Crippen molar-refractivity contribution in [1.29, 1.82) is 0 Å². The van der Waals surface area contributed by atoms with Gasteiger partial charge in [-0.3, -0.25) is 9.69 Å². The van der Waals surface area contributed by atoms with E-state index in [2.05, 4.69) is 12.2 Å². The van der Waals surface area contributed by atoms with Crippen molar-refractivity contribution in [3.63, 3.8) is 0 Å². The van der Waals surface area contributed by atoms with Crippen LogP contribution in [0, 0.1) is 12.7 Å². The first-order valence-electron chi connectivity index (χ1n) is 6.63. The molecule has 0 aliphatic carbocycles. The molecule has 1 saturated heterocycles. The van der Waals surface area contributed by atoms with E-state index in [1.165, 1.54) is 6.07 Å². The van der Waals surface area contributed by atoms with Gasteiger partial charge in [0.25, 0.3) is 5.91 Å². The number of carbonyl (C=O) groups is 1. The quantitative estimate of drug-likeness (QED) is 0.684. The van der Waals surface area contributed by atoms with Gasteiger partial charge >= 0.3 is 0 Å². The van der Waals surface area contributed by atoms with Crippen molar-refractivity contribution in [3.05, 3.63) is 40.8 Å². The Labute approximate surface area is 123 Å². The number of halogens is 1. The van der Waals surface area contributed by atoms with Crippen molar-refractivity contribution in [2.45, 2.75) is 26.7 Å². The summed E-state index contributed by atoms with van der Waals surface area (Å²) in [5.74, 6) is -0.372. The summed E-state index contributed by atoms with van der Waals surface area (Å²) < 4.78 is 13.2. The Kier molecular flexibility index (Phi) is 4.49. The van der Waals surface area contributed by atoms with E-state index in [4.69, 9.17) is 12.2 Å². The number of hydrogen-bond acceptors (Lipinski definition) is 2. The number of nitrogens with one attached hydrogen (secondary N) is 1. The lowest BCUT2D eigenvalue weighted by molar-refractivity contribution is -0.122. The Balaban J connectivity index is 2.20. The highest BCUT2D eigenvalue weighted by Gasteiger charge is 2.29. The van der Waals surface area contributed by atoms with Crippen LogP contribution in [0.25, 0.3) is 6.08 Å². The molecule has 0 bridgehead atoms. The zero-order chi connectivity index (χ0) is 14.7. The Hall–Kier alpha value is -1.75. The maximum absolute atomic E-state index is 13.2. The van der Waals surface area contributed by atoms with E-state index >= 15 is 0 Å². The van der Waals surface area contributed by atoms with Crippen molar-refractivity contribution < 1.29 is 9.18 Å². The lowest BCUT2D eigenvalue weighted by Gasteiger charge is -2.12. The number of hydrogen-bond donors (Lipinski definition) is 1. The molecular weight excluding hydrogens is 275 g/mol. The van der Waals surface area contributed by atoms with E-state index in [9.17, 15) is 9.18 Å². The summed E-state index contributed by atoms with van der Waals surface area (Å²) >= 11 is 5.16. The molecule has 3 nitrogen and oxygen atoms in total. The summed E-state index contributed by atoms with van der Waals surface area (Å²) in [4.78, 5) is 13.8. The average Bonchev–Trinajstić information content (AvgIpc) is 2.67. The zero-order valence-electron chi connectivity index (χ0n) is 11.6. The van der Waals surface area contributed by atoms with Crippen LogP contribution >= 0.6 is 12.2 Å². The third kappa shape index (κ3) is 3.04. The van der Waals surface area contributed by atoms with Crippen molar-refractivity contribution >= 4 is 29.3 Å². The van der Waals surface area contributed by atoms with Gasteiger partial charge in [0.15, 0.2) is 5.11 Å². The smallest absolute Gasteiger partial charge is 0.276 e. The van der Waals surface area contributed by atoms with Crippen molar-refractivity contribution in [1.82, 2.24) is 10.2 Å². The summed E-state index contributed by atoms with van der Waals surface area (Å²) in [7, 11) is 0. The van der Waals surface area contributed by atoms with Crippen molar-refractivity contribution in [2.24, 2.45) is 0 Å². The largest absolute Gasteiger partial charge is 0.328 e. The number of amides is 1. The van der Waals surface area contributed by atoms with Gasteiger partial charge < -0.3 is 5.32 Å². The molecule has 20 heavy (non-hydrogen) atoms. The summed E-state index contributed by atoms with van der Waals surface area (Å²) in [6, 6.07) is 4.74. The van der Waals surface area contributed by atoms with Crippen LogP contribution in [0.15, 0.2) is 23.9 Å². The van der Waals surface area contributed by atoms with Gasteiger partial charge in [-0.25, -0.2) is 4.39 Å². The van der Waals surface area contributed by atoms with E-state index in [1.807, 2.05) is 0 Å². The fraction of sp³-hybridized carbons (Fsp3) is 0.333. The highest BCUT2D eigenvalue weighted by molar-refractivity contribution is 7.80. The predicted octanol–water partition coefficient (Wildman–Crippen LogP) is 2.99. The molecule has 1 aliphatic rings. The second-order valence-corrected chi connectivity index (χ2v) is 5.19. The molecule has 106 valence electrons. The standard InChI is InChI=1S/C15H17FN2OS/c1-3-4-7-18-14(19)13(17-15(18)20)9-11-5-6-12(16)10(2)8-11/h5-6,8-9H,3-4,7H2,1-2H3,(H,17,20)/b13-9-. The fourth-order valence-electron chi connectivity index (χ4n) is 2.02. The lowest BCUT2D eigenvalue weighted by Crippen LogP contribution is -2.31. The number of unbranched alkanes of at least 4 members (excludes halogenated alkanes) is 1. The van der Waals surface area contributed by atoms with E-state index < -0.39 is 0 Å². The van der Waals surface area contributed by atoms with Gasteiger partial charge in [-0.1, -0.05) is 19.4 Å². The van der Waals surface area contributed by atoms with Crippen LogP contribution in [0.1, 0.15) is 30.9 Å². The average molecular weight is 292 g/mol. The van der Waals surface area contributed by atoms with E-state index in [1.54, 1.807) is 30.0 Å². The minimum Gasteiger partial charge on any atom is -0.328 e. The van der Waals surface area contributed by atoms with Gasteiger partial charge in [-0.05, 0) is 54.9 Å². The Morgan fingerprint density at radius 1 is 1.45 bits per heavy atom. The van der Waals surface area contributed by atoms with Gasteiger partial charge in [0, 0.05) is 6.54 Å². The maximum atomic E-state index is 13.2. The summed E-state index contributed by atoms with van der Waals surface area (Å²) in [5, 5.41) is 3.36. The Morgan fingerprint density at radius 2 is 2.20 bits per heavy atom. The molecule has 2 rings (SSSR count). The molecule has 1 aromatic rings.